The van der Waals surface area contributed by atoms with Crippen LogP contribution >= 0.6 is 34.8 Å². The third-order valence-corrected chi connectivity index (χ3v) is 3.35. The second-order valence-electron chi connectivity index (χ2n) is 3.91. The molecule has 0 unspecified atom stereocenters. The van der Waals surface area contributed by atoms with Gasteiger partial charge in [-0.05, 0) is 42.3 Å². The summed E-state index contributed by atoms with van der Waals surface area (Å²) in [4.78, 5) is 0. The second-order valence-corrected chi connectivity index (χ2v) is 5.02. The Morgan fingerprint density at radius 3 is 2.33 bits per heavy atom. The Hall–Kier alpha value is -0.890. The highest BCUT2D eigenvalue weighted by atomic mass is 35.5. The Balaban J connectivity index is 2.28. The molecule has 0 radical (unpaired) electrons. The average Bonchev–Trinajstić information content (AvgIpc) is 2.34. The van der Waals surface area contributed by atoms with E-state index in [2.05, 4.69) is 0 Å². The number of alkyl halides is 1. The van der Waals surface area contributed by atoms with Gasteiger partial charge >= 0.3 is 0 Å². The molecule has 0 aliphatic carbocycles. The summed E-state index contributed by atoms with van der Waals surface area (Å²) in [5.41, 5.74) is 2.07. The number of benzene rings is 2. The first-order chi connectivity index (χ1) is 8.60. The molecule has 0 fully saturated rings. The maximum absolute atomic E-state index is 6.06. The fourth-order valence-electron chi connectivity index (χ4n) is 1.59. The van der Waals surface area contributed by atoms with Gasteiger partial charge in [-0.2, -0.15) is 0 Å². The summed E-state index contributed by atoms with van der Waals surface area (Å²) in [7, 11) is 0. The number of hydrogen-bond donors (Lipinski definition) is 0. The van der Waals surface area contributed by atoms with Gasteiger partial charge in [0.1, 0.15) is 11.5 Å². The van der Waals surface area contributed by atoms with Crippen LogP contribution in [0.2, 0.25) is 10.0 Å². The summed E-state index contributed by atoms with van der Waals surface area (Å²) >= 11 is 17.7. The summed E-state index contributed by atoms with van der Waals surface area (Å²) < 4.78 is 5.76. The smallest absolute Gasteiger partial charge is 0.146 e. The van der Waals surface area contributed by atoms with Crippen LogP contribution in [-0.4, -0.2) is 0 Å². The summed E-state index contributed by atoms with van der Waals surface area (Å²) in [6, 6.07) is 11.0. The first kappa shape index (κ1) is 13.5. The van der Waals surface area contributed by atoms with Crippen molar-refractivity contribution in [3.05, 3.63) is 57.6 Å². The van der Waals surface area contributed by atoms with Crippen LogP contribution in [0.5, 0.6) is 11.5 Å². The molecule has 0 heterocycles. The van der Waals surface area contributed by atoms with E-state index in [9.17, 15) is 0 Å². The normalized spacial score (nSPS) is 10.4. The first-order valence-corrected chi connectivity index (χ1v) is 6.67. The number of hydrogen-bond acceptors (Lipinski definition) is 1. The van der Waals surface area contributed by atoms with Crippen LogP contribution in [0.25, 0.3) is 0 Å². The maximum atomic E-state index is 6.06. The minimum Gasteiger partial charge on any atom is -0.456 e. The highest BCUT2D eigenvalue weighted by Gasteiger charge is 2.06. The predicted octanol–water partition coefficient (Wildman–Crippen LogP) is 5.83. The van der Waals surface area contributed by atoms with Gasteiger partial charge in [0.25, 0.3) is 0 Å². The summed E-state index contributed by atoms with van der Waals surface area (Å²) in [5, 5.41) is 1.07. The maximum Gasteiger partial charge on any atom is 0.146 e. The van der Waals surface area contributed by atoms with Crippen molar-refractivity contribution >= 4 is 34.8 Å². The lowest BCUT2D eigenvalue weighted by Gasteiger charge is -2.11. The predicted molar refractivity (Wildman–Crippen MR) is 77.3 cm³/mol. The van der Waals surface area contributed by atoms with Crippen molar-refractivity contribution in [1.82, 2.24) is 0 Å². The molecule has 0 aliphatic heterocycles. The topological polar surface area (TPSA) is 9.23 Å². The molecule has 0 saturated carbocycles. The SMILES string of the molecule is Cc1cc(CCl)ccc1Oc1ccc(Cl)cc1Cl. The Morgan fingerprint density at radius 1 is 1.00 bits per heavy atom. The molecule has 2 rings (SSSR count). The summed E-state index contributed by atoms with van der Waals surface area (Å²) in [6.07, 6.45) is 0. The highest BCUT2D eigenvalue weighted by Crippen LogP contribution is 2.33. The lowest BCUT2D eigenvalue weighted by Crippen LogP contribution is -1.90. The number of ether oxygens (including phenoxy) is 1. The molecule has 4 heteroatoms. The van der Waals surface area contributed by atoms with Gasteiger partial charge in [-0.25, -0.2) is 0 Å². The van der Waals surface area contributed by atoms with Crippen LogP contribution in [0.3, 0.4) is 0 Å². The fourth-order valence-corrected chi connectivity index (χ4v) is 2.20. The Bertz CT molecular complexity index is 567. The lowest BCUT2D eigenvalue weighted by atomic mass is 10.1. The zero-order chi connectivity index (χ0) is 13.1. The molecule has 0 bridgehead atoms. The van der Waals surface area contributed by atoms with E-state index in [0.29, 0.717) is 21.7 Å². The molecule has 18 heavy (non-hydrogen) atoms. The van der Waals surface area contributed by atoms with E-state index < -0.39 is 0 Å². The number of halogens is 3. The van der Waals surface area contributed by atoms with Crippen molar-refractivity contribution in [2.24, 2.45) is 0 Å². The van der Waals surface area contributed by atoms with E-state index in [4.69, 9.17) is 39.5 Å². The van der Waals surface area contributed by atoms with E-state index in [1.165, 1.54) is 0 Å². The molecule has 0 amide bonds. The third kappa shape index (κ3) is 3.11. The molecule has 2 aromatic carbocycles. The molecule has 0 saturated heterocycles. The van der Waals surface area contributed by atoms with Gasteiger partial charge < -0.3 is 4.74 Å². The molecule has 0 aromatic heterocycles. The van der Waals surface area contributed by atoms with Gasteiger partial charge in [0.15, 0.2) is 0 Å². The molecule has 0 atom stereocenters. The monoisotopic (exact) mass is 300 g/mol. The van der Waals surface area contributed by atoms with E-state index in [0.717, 1.165) is 16.9 Å². The van der Waals surface area contributed by atoms with Gasteiger partial charge in [0, 0.05) is 10.9 Å². The Morgan fingerprint density at radius 2 is 1.72 bits per heavy atom. The summed E-state index contributed by atoms with van der Waals surface area (Å²) in [6.45, 7) is 1.97. The van der Waals surface area contributed by atoms with Crippen LogP contribution in [-0.2, 0) is 5.88 Å². The lowest BCUT2D eigenvalue weighted by molar-refractivity contribution is 0.479. The zero-order valence-electron chi connectivity index (χ0n) is 9.71. The Kier molecular flexibility index (Phi) is 4.39. The van der Waals surface area contributed by atoms with Crippen LogP contribution in [0.4, 0.5) is 0 Å². The average molecular weight is 302 g/mol. The first-order valence-electron chi connectivity index (χ1n) is 5.38. The van der Waals surface area contributed by atoms with Gasteiger partial charge in [0.2, 0.25) is 0 Å². The fraction of sp³-hybridized carbons (Fsp3) is 0.143. The molecule has 0 spiro atoms. The van der Waals surface area contributed by atoms with Crippen molar-refractivity contribution in [1.29, 1.82) is 0 Å². The van der Waals surface area contributed by atoms with Crippen molar-refractivity contribution in [2.45, 2.75) is 12.8 Å². The van der Waals surface area contributed by atoms with Gasteiger partial charge in [-0.15, -0.1) is 11.6 Å². The van der Waals surface area contributed by atoms with Crippen molar-refractivity contribution in [2.75, 3.05) is 0 Å². The third-order valence-electron chi connectivity index (χ3n) is 2.51. The van der Waals surface area contributed by atoms with Gasteiger partial charge in [0.05, 0.1) is 5.02 Å². The van der Waals surface area contributed by atoms with Crippen molar-refractivity contribution in [3.8, 4) is 11.5 Å². The van der Waals surface area contributed by atoms with Gasteiger partial charge in [-0.3, -0.25) is 0 Å². The van der Waals surface area contributed by atoms with E-state index in [1.807, 2.05) is 25.1 Å². The minimum absolute atomic E-state index is 0.489. The van der Waals surface area contributed by atoms with Crippen LogP contribution < -0.4 is 4.74 Å². The molecule has 1 nitrogen and oxygen atoms in total. The van der Waals surface area contributed by atoms with Crippen LogP contribution in [0, 0.1) is 6.92 Å². The number of aryl methyl sites for hydroxylation is 1. The number of rotatable bonds is 3. The minimum atomic E-state index is 0.489. The van der Waals surface area contributed by atoms with Crippen molar-refractivity contribution in [3.63, 3.8) is 0 Å². The highest BCUT2D eigenvalue weighted by molar-refractivity contribution is 6.35. The molecule has 2 aromatic rings. The largest absolute Gasteiger partial charge is 0.456 e. The molecular weight excluding hydrogens is 291 g/mol. The quantitative estimate of drug-likeness (QED) is 0.648. The summed E-state index contributed by atoms with van der Waals surface area (Å²) in [5.74, 6) is 1.83. The second kappa shape index (κ2) is 5.83. The standard InChI is InChI=1S/C14H11Cl3O/c1-9-6-10(8-15)2-4-13(9)18-14-5-3-11(16)7-12(14)17/h2-7H,8H2,1H3. The van der Waals surface area contributed by atoms with Gasteiger partial charge in [-0.1, -0.05) is 35.3 Å². The van der Waals surface area contributed by atoms with E-state index >= 15 is 0 Å². The molecule has 94 valence electrons. The Labute approximate surface area is 121 Å². The van der Waals surface area contributed by atoms with Crippen LogP contribution in [0.15, 0.2) is 36.4 Å². The van der Waals surface area contributed by atoms with E-state index in [-0.39, 0.29) is 0 Å². The van der Waals surface area contributed by atoms with Crippen molar-refractivity contribution < 1.29 is 4.74 Å². The molecule has 0 N–H and O–H groups in total. The zero-order valence-corrected chi connectivity index (χ0v) is 12.0. The van der Waals surface area contributed by atoms with E-state index in [1.54, 1.807) is 18.2 Å². The molecular formula is C14H11Cl3O. The van der Waals surface area contributed by atoms with Crippen LogP contribution in [0.1, 0.15) is 11.1 Å². The molecule has 0 aliphatic rings.